The Labute approximate surface area is 140 Å². The fraction of sp³-hybridized carbons (Fsp3) is 0.500. The summed E-state index contributed by atoms with van der Waals surface area (Å²) in [7, 11) is 0.531. The Bertz CT molecular complexity index is 735. The predicted molar refractivity (Wildman–Crippen MR) is 94.8 cm³/mol. The van der Waals surface area contributed by atoms with Crippen LogP contribution in [0.3, 0.4) is 0 Å². The fourth-order valence-corrected chi connectivity index (χ4v) is 3.64. The highest BCUT2D eigenvalue weighted by atomic mass is 32.2. The van der Waals surface area contributed by atoms with Crippen LogP contribution in [0, 0.1) is 5.92 Å². The molecule has 1 unspecified atom stereocenters. The molecule has 0 radical (unpaired) electrons. The van der Waals surface area contributed by atoms with Crippen molar-refractivity contribution in [3.63, 3.8) is 0 Å². The van der Waals surface area contributed by atoms with Gasteiger partial charge in [-0.2, -0.15) is 0 Å². The molecule has 1 aromatic carbocycles. The number of ether oxygens (including phenoxy) is 1. The average molecular weight is 332 g/mol. The molecule has 0 bridgehead atoms. The standard InChI is InChI=1S/C18H24N2O2S/c1-18(2,3)23(21)20-16(12-9-10-12)15-11-19-17(22-4)14-8-6-5-7-13(14)15/h5-8,11-12,16,20H,9-10H2,1-4H3/t16?,23-/m1/s1. The molecule has 2 aromatic rings. The third kappa shape index (κ3) is 3.40. The number of pyridine rings is 1. The first-order valence-electron chi connectivity index (χ1n) is 8.01. The van der Waals surface area contributed by atoms with E-state index in [0.29, 0.717) is 11.8 Å². The van der Waals surface area contributed by atoms with Gasteiger partial charge in [0.2, 0.25) is 5.88 Å². The molecule has 23 heavy (non-hydrogen) atoms. The number of methoxy groups -OCH3 is 1. The summed E-state index contributed by atoms with van der Waals surface area (Å²) >= 11 is 0. The van der Waals surface area contributed by atoms with Gasteiger partial charge in [0.15, 0.2) is 0 Å². The van der Waals surface area contributed by atoms with Gasteiger partial charge in [-0.25, -0.2) is 13.9 Å². The topological polar surface area (TPSA) is 51.2 Å². The number of nitrogens with one attached hydrogen (secondary N) is 1. The lowest BCUT2D eigenvalue weighted by Crippen LogP contribution is -2.36. The van der Waals surface area contributed by atoms with Gasteiger partial charge >= 0.3 is 0 Å². The van der Waals surface area contributed by atoms with Gasteiger partial charge in [0.1, 0.15) is 0 Å². The van der Waals surface area contributed by atoms with Gasteiger partial charge in [-0.1, -0.05) is 18.2 Å². The monoisotopic (exact) mass is 332 g/mol. The van der Waals surface area contributed by atoms with Crippen LogP contribution in [0.2, 0.25) is 0 Å². The maximum atomic E-state index is 12.6. The molecule has 1 fully saturated rings. The highest BCUT2D eigenvalue weighted by Gasteiger charge is 2.36. The van der Waals surface area contributed by atoms with Crippen molar-refractivity contribution in [1.82, 2.24) is 9.71 Å². The lowest BCUT2D eigenvalue weighted by atomic mass is 9.99. The minimum atomic E-state index is -1.11. The van der Waals surface area contributed by atoms with Crippen molar-refractivity contribution >= 4 is 21.8 Å². The zero-order valence-electron chi connectivity index (χ0n) is 14.1. The first kappa shape index (κ1) is 16.4. The molecule has 0 saturated heterocycles. The Morgan fingerprint density at radius 3 is 2.48 bits per heavy atom. The smallest absolute Gasteiger partial charge is 0.221 e. The van der Waals surface area contributed by atoms with Crippen LogP contribution in [-0.2, 0) is 11.0 Å². The maximum absolute atomic E-state index is 12.6. The Morgan fingerprint density at radius 2 is 1.91 bits per heavy atom. The van der Waals surface area contributed by atoms with E-state index in [0.717, 1.165) is 16.3 Å². The summed E-state index contributed by atoms with van der Waals surface area (Å²) in [6.45, 7) is 5.97. The van der Waals surface area contributed by atoms with Crippen molar-refractivity contribution in [1.29, 1.82) is 0 Å². The molecule has 2 atom stereocenters. The predicted octanol–water partition coefficient (Wildman–Crippen LogP) is 3.75. The van der Waals surface area contributed by atoms with E-state index in [1.54, 1.807) is 7.11 Å². The number of rotatable bonds is 5. The Kier molecular flexibility index (Phi) is 4.43. The molecule has 1 aliphatic carbocycles. The Balaban J connectivity index is 2.04. The molecule has 3 rings (SSSR count). The van der Waals surface area contributed by atoms with E-state index in [2.05, 4.69) is 15.8 Å². The minimum absolute atomic E-state index is 0.0679. The molecular formula is C18H24N2O2S. The molecule has 5 heteroatoms. The SMILES string of the molecule is COc1ncc(C(N[S@](=O)C(C)(C)C)C2CC2)c2ccccc12. The van der Waals surface area contributed by atoms with Gasteiger partial charge < -0.3 is 4.74 Å². The van der Waals surface area contributed by atoms with Crippen LogP contribution < -0.4 is 9.46 Å². The quantitative estimate of drug-likeness (QED) is 0.907. The molecule has 1 saturated carbocycles. The molecule has 1 N–H and O–H groups in total. The second-order valence-electron chi connectivity index (χ2n) is 7.08. The molecule has 4 nitrogen and oxygen atoms in total. The lowest BCUT2D eigenvalue weighted by Gasteiger charge is -2.25. The van der Waals surface area contributed by atoms with Crippen LogP contribution in [0.1, 0.15) is 45.2 Å². The number of hydrogen-bond donors (Lipinski definition) is 1. The Morgan fingerprint density at radius 1 is 1.26 bits per heavy atom. The van der Waals surface area contributed by atoms with Crippen molar-refractivity contribution in [2.45, 2.75) is 44.4 Å². The molecule has 124 valence electrons. The van der Waals surface area contributed by atoms with E-state index in [1.165, 1.54) is 12.8 Å². The molecule has 0 aliphatic heterocycles. The molecular weight excluding hydrogens is 308 g/mol. The van der Waals surface area contributed by atoms with E-state index >= 15 is 0 Å². The van der Waals surface area contributed by atoms with E-state index in [-0.39, 0.29) is 10.8 Å². The van der Waals surface area contributed by atoms with Gasteiger partial charge in [-0.3, -0.25) is 0 Å². The number of fused-ring (bicyclic) bond motifs is 1. The van der Waals surface area contributed by atoms with Crippen molar-refractivity contribution in [3.05, 3.63) is 36.0 Å². The van der Waals surface area contributed by atoms with E-state index in [4.69, 9.17) is 4.74 Å². The first-order valence-corrected chi connectivity index (χ1v) is 9.16. The minimum Gasteiger partial charge on any atom is -0.481 e. The number of aromatic nitrogens is 1. The van der Waals surface area contributed by atoms with Crippen LogP contribution in [0.25, 0.3) is 10.8 Å². The summed E-state index contributed by atoms with van der Waals surface area (Å²) in [4.78, 5) is 4.46. The van der Waals surface area contributed by atoms with Crippen molar-refractivity contribution in [2.75, 3.05) is 7.11 Å². The summed E-state index contributed by atoms with van der Waals surface area (Å²) < 4.78 is 21.0. The summed E-state index contributed by atoms with van der Waals surface area (Å²) in [5, 5.41) is 2.12. The molecule has 1 heterocycles. The summed E-state index contributed by atoms with van der Waals surface area (Å²) in [6, 6.07) is 8.19. The normalized spacial score (nSPS) is 17.9. The van der Waals surface area contributed by atoms with Crippen LogP contribution in [0.15, 0.2) is 30.5 Å². The fourth-order valence-electron chi connectivity index (χ4n) is 2.73. The lowest BCUT2D eigenvalue weighted by molar-refractivity contribution is 0.402. The largest absolute Gasteiger partial charge is 0.481 e. The second kappa shape index (κ2) is 6.21. The molecule has 0 spiro atoms. The number of nitrogens with zero attached hydrogens (tertiary/aromatic N) is 1. The van der Waals surface area contributed by atoms with E-state index in [1.807, 2.05) is 45.2 Å². The van der Waals surface area contributed by atoms with Gasteiger partial charge in [-0.05, 0) is 56.5 Å². The van der Waals surface area contributed by atoms with Gasteiger partial charge in [0.25, 0.3) is 0 Å². The van der Waals surface area contributed by atoms with Gasteiger partial charge in [-0.15, -0.1) is 0 Å². The van der Waals surface area contributed by atoms with Crippen LogP contribution in [0.5, 0.6) is 5.88 Å². The highest BCUT2D eigenvalue weighted by Crippen LogP contribution is 2.44. The third-order valence-electron chi connectivity index (χ3n) is 4.20. The average Bonchev–Trinajstić information content (AvgIpc) is 3.35. The van der Waals surface area contributed by atoms with Crippen molar-refractivity contribution in [2.24, 2.45) is 5.92 Å². The molecule has 0 amide bonds. The first-order chi connectivity index (χ1) is 10.9. The van der Waals surface area contributed by atoms with Crippen LogP contribution in [0.4, 0.5) is 0 Å². The summed E-state index contributed by atoms with van der Waals surface area (Å²) in [5.74, 6) is 1.16. The summed E-state index contributed by atoms with van der Waals surface area (Å²) in [5.41, 5.74) is 1.11. The van der Waals surface area contributed by atoms with E-state index in [9.17, 15) is 4.21 Å². The Hall–Kier alpha value is -1.46. The van der Waals surface area contributed by atoms with E-state index < -0.39 is 11.0 Å². The maximum Gasteiger partial charge on any atom is 0.221 e. The van der Waals surface area contributed by atoms with Crippen molar-refractivity contribution in [3.8, 4) is 5.88 Å². The van der Waals surface area contributed by atoms with Crippen LogP contribution in [-0.4, -0.2) is 21.0 Å². The zero-order chi connectivity index (χ0) is 16.6. The molecule has 1 aliphatic rings. The second-order valence-corrected chi connectivity index (χ2v) is 9.08. The van der Waals surface area contributed by atoms with Crippen LogP contribution >= 0.6 is 0 Å². The highest BCUT2D eigenvalue weighted by molar-refractivity contribution is 7.84. The zero-order valence-corrected chi connectivity index (χ0v) is 14.9. The molecule has 1 aromatic heterocycles. The number of benzene rings is 1. The van der Waals surface area contributed by atoms with Crippen molar-refractivity contribution < 1.29 is 8.95 Å². The van der Waals surface area contributed by atoms with Gasteiger partial charge in [0.05, 0.1) is 22.8 Å². The number of hydrogen-bond acceptors (Lipinski definition) is 3. The summed E-state index contributed by atoms with van der Waals surface area (Å²) in [6.07, 6.45) is 4.20. The van der Waals surface area contributed by atoms with Gasteiger partial charge in [0, 0.05) is 17.6 Å². The third-order valence-corrected chi connectivity index (χ3v) is 5.78.